The van der Waals surface area contributed by atoms with Crippen molar-refractivity contribution in [2.45, 2.75) is 39.3 Å². The Bertz CT molecular complexity index is 428. The zero-order chi connectivity index (χ0) is 16.4. The highest BCUT2D eigenvalue weighted by atomic mass is 16.7. The molecule has 0 aromatic heterocycles. The normalized spacial score (nSPS) is 25.7. The second kappa shape index (κ2) is 6.32. The standard InChI is InChI=1S/C14H23NO6/c1-8-9(7-20-13(18)19-6)10(15(5)11(8)16)12(17)21-14(2,3)4/h8-10H,7H2,1-6H3/t8-,9+,10+/m1/s1. The molecule has 7 nitrogen and oxygen atoms in total. The summed E-state index contributed by atoms with van der Waals surface area (Å²) in [5.41, 5.74) is -0.652. The summed E-state index contributed by atoms with van der Waals surface area (Å²) in [6.07, 6.45) is -0.841. The maximum atomic E-state index is 12.3. The summed E-state index contributed by atoms with van der Waals surface area (Å²) < 4.78 is 14.7. The molecule has 1 aliphatic heterocycles. The monoisotopic (exact) mass is 301 g/mol. The van der Waals surface area contributed by atoms with Gasteiger partial charge < -0.3 is 19.1 Å². The molecule has 1 fully saturated rings. The summed E-state index contributed by atoms with van der Waals surface area (Å²) >= 11 is 0. The lowest BCUT2D eigenvalue weighted by Crippen LogP contribution is -2.44. The molecule has 0 N–H and O–H groups in total. The lowest BCUT2D eigenvalue weighted by atomic mass is 9.92. The number of amides is 1. The van der Waals surface area contributed by atoms with Crippen LogP contribution in [0.5, 0.6) is 0 Å². The minimum absolute atomic E-state index is 0.0756. The molecule has 1 saturated heterocycles. The third-order valence-corrected chi connectivity index (χ3v) is 3.41. The van der Waals surface area contributed by atoms with E-state index in [0.717, 1.165) is 0 Å². The molecule has 3 atom stereocenters. The molecule has 7 heteroatoms. The smallest absolute Gasteiger partial charge is 0.458 e. The molecule has 0 saturated carbocycles. The van der Waals surface area contributed by atoms with Crippen LogP contribution in [-0.2, 0) is 23.8 Å². The number of ether oxygens (including phenoxy) is 3. The number of methoxy groups -OCH3 is 1. The molecule has 0 bridgehead atoms. The molecule has 0 unspecified atom stereocenters. The minimum atomic E-state index is -0.841. The number of hydrogen-bond donors (Lipinski definition) is 0. The van der Waals surface area contributed by atoms with Crippen LogP contribution in [0.1, 0.15) is 27.7 Å². The van der Waals surface area contributed by atoms with Crippen molar-refractivity contribution in [3.8, 4) is 0 Å². The molecular weight excluding hydrogens is 278 g/mol. The van der Waals surface area contributed by atoms with Crippen LogP contribution < -0.4 is 0 Å². The van der Waals surface area contributed by atoms with Crippen LogP contribution in [0.2, 0.25) is 0 Å². The number of carbonyl (C=O) groups is 3. The predicted molar refractivity (Wildman–Crippen MR) is 73.4 cm³/mol. The molecule has 0 aromatic carbocycles. The molecule has 1 rings (SSSR count). The van der Waals surface area contributed by atoms with Crippen molar-refractivity contribution >= 4 is 18.0 Å². The minimum Gasteiger partial charge on any atom is -0.458 e. The zero-order valence-corrected chi connectivity index (χ0v) is 13.3. The number of likely N-dealkylation sites (N-methyl/N-ethyl adjacent to an activating group) is 1. The van der Waals surface area contributed by atoms with Gasteiger partial charge in [0.1, 0.15) is 18.2 Å². The van der Waals surface area contributed by atoms with Crippen molar-refractivity contribution in [3.63, 3.8) is 0 Å². The third-order valence-electron chi connectivity index (χ3n) is 3.41. The van der Waals surface area contributed by atoms with E-state index in [9.17, 15) is 14.4 Å². The van der Waals surface area contributed by atoms with E-state index in [1.165, 1.54) is 12.0 Å². The molecule has 120 valence electrons. The van der Waals surface area contributed by atoms with Gasteiger partial charge in [-0.05, 0) is 20.8 Å². The molecule has 0 radical (unpaired) electrons. The van der Waals surface area contributed by atoms with Gasteiger partial charge in [-0.2, -0.15) is 0 Å². The quantitative estimate of drug-likeness (QED) is 0.729. The van der Waals surface area contributed by atoms with Gasteiger partial charge >= 0.3 is 12.1 Å². The first kappa shape index (κ1) is 17.3. The number of hydrogen-bond acceptors (Lipinski definition) is 6. The maximum Gasteiger partial charge on any atom is 0.507 e. The summed E-state index contributed by atoms with van der Waals surface area (Å²) in [5, 5.41) is 0. The Balaban J connectivity index is 2.87. The molecule has 0 aromatic rings. The molecule has 21 heavy (non-hydrogen) atoms. The van der Waals surface area contributed by atoms with Gasteiger partial charge in [-0.1, -0.05) is 6.92 Å². The summed E-state index contributed by atoms with van der Waals surface area (Å²) in [5.74, 6) is -1.57. The summed E-state index contributed by atoms with van der Waals surface area (Å²) in [4.78, 5) is 36.8. The van der Waals surface area contributed by atoms with Gasteiger partial charge in [-0.25, -0.2) is 9.59 Å². The fourth-order valence-corrected chi connectivity index (χ4v) is 2.36. The van der Waals surface area contributed by atoms with Crippen LogP contribution in [0.3, 0.4) is 0 Å². The second-order valence-electron chi connectivity index (χ2n) is 6.15. The van der Waals surface area contributed by atoms with Gasteiger partial charge in [-0.3, -0.25) is 4.79 Å². The highest BCUT2D eigenvalue weighted by molar-refractivity contribution is 5.90. The number of likely N-dealkylation sites (tertiary alicyclic amines) is 1. The first-order valence-corrected chi connectivity index (χ1v) is 6.78. The fraction of sp³-hybridized carbons (Fsp3) is 0.786. The Morgan fingerprint density at radius 1 is 1.29 bits per heavy atom. The van der Waals surface area contributed by atoms with Crippen LogP contribution in [0.15, 0.2) is 0 Å². The molecule has 0 spiro atoms. The van der Waals surface area contributed by atoms with Gasteiger partial charge in [0.25, 0.3) is 0 Å². The summed E-state index contributed by atoms with van der Waals surface area (Å²) in [7, 11) is 2.74. The van der Waals surface area contributed by atoms with E-state index in [1.807, 2.05) is 0 Å². The molecule has 1 amide bonds. The number of esters is 1. The Labute approximate surface area is 124 Å². The number of nitrogens with zero attached hydrogens (tertiary/aromatic N) is 1. The fourth-order valence-electron chi connectivity index (χ4n) is 2.36. The van der Waals surface area contributed by atoms with Crippen molar-refractivity contribution in [1.29, 1.82) is 0 Å². The van der Waals surface area contributed by atoms with Gasteiger partial charge in [-0.15, -0.1) is 0 Å². The Morgan fingerprint density at radius 3 is 2.33 bits per heavy atom. The molecule has 1 heterocycles. The van der Waals surface area contributed by atoms with Gasteiger partial charge in [0.05, 0.1) is 7.11 Å². The van der Waals surface area contributed by atoms with Crippen molar-refractivity contribution in [3.05, 3.63) is 0 Å². The largest absolute Gasteiger partial charge is 0.507 e. The average Bonchev–Trinajstić information content (AvgIpc) is 2.58. The lowest BCUT2D eigenvalue weighted by molar-refractivity contribution is -0.163. The number of rotatable bonds is 3. The first-order valence-electron chi connectivity index (χ1n) is 6.78. The van der Waals surface area contributed by atoms with Gasteiger partial charge in [0, 0.05) is 18.9 Å². The molecular formula is C14H23NO6. The van der Waals surface area contributed by atoms with Crippen LogP contribution >= 0.6 is 0 Å². The highest BCUT2D eigenvalue weighted by Crippen LogP contribution is 2.32. The topological polar surface area (TPSA) is 82.1 Å². The van der Waals surface area contributed by atoms with E-state index >= 15 is 0 Å². The molecule has 1 aliphatic rings. The van der Waals surface area contributed by atoms with Gasteiger partial charge in [0.2, 0.25) is 5.91 Å². The van der Waals surface area contributed by atoms with Crippen molar-refractivity contribution < 1.29 is 28.6 Å². The third kappa shape index (κ3) is 4.09. The van der Waals surface area contributed by atoms with Crippen LogP contribution in [0.25, 0.3) is 0 Å². The van der Waals surface area contributed by atoms with Crippen LogP contribution in [0, 0.1) is 11.8 Å². The Morgan fingerprint density at radius 2 is 1.86 bits per heavy atom. The van der Waals surface area contributed by atoms with Crippen molar-refractivity contribution in [2.75, 3.05) is 20.8 Å². The zero-order valence-electron chi connectivity index (χ0n) is 13.3. The van der Waals surface area contributed by atoms with Crippen molar-refractivity contribution in [1.82, 2.24) is 4.90 Å². The van der Waals surface area contributed by atoms with E-state index in [0.29, 0.717) is 0 Å². The Kier molecular flexibility index (Phi) is 5.20. The second-order valence-corrected chi connectivity index (χ2v) is 6.15. The van der Waals surface area contributed by atoms with Crippen LogP contribution in [-0.4, -0.2) is 55.3 Å². The van der Waals surface area contributed by atoms with Gasteiger partial charge in [0.15, 0.2) is 0 Å². The lowest BCUT2D eigenvalue weighted by Gasteiger charge is -2.27. The van der Waals surface area contributed by atoms with Crippen LogP contribution in [0.4, 0.5) is 4.79 Å². The SMILES string of the molecule is COC(=O)OC[C@@H]1[C@@H](C(=O)OC(C)(C)C)N(C)C(=O)[C@@H]1C. The maximum absolute atomic E-state index is 12.3. The Hall–Kier alpha value is -1.79. The van der Waals surface area contributed by atoms with E-state index in [2.05, 4.69) is 4.74 Å². The average molecular weight is 301 g/mol. The molecule has 0 aliphatic carbocycles. The van der Waals surface area contributed by atoms with Crippen molar-refractivity contribution in [2.24, 2.45) is 11.8 Å². The van der Waals surface area contributed by atoms with E-state index in [-0.39, 0.29) is 12.5 Å². The predicted octanol–water partition coefficient (Wildman–Crippen LogP) is 1.20. The number of carbonyl (C=O) groups excluding carboxylic acids is 3. The first-order chi connectivity index (χ1) is 9.58. The highest BCUT2D eigenvalue weighted by Gasteiger charge is 2.49. The van der Waals surface area contributed by atoms with E-state index in [1.54, 1.807) is 34.7 Å². The summed E-state index contributed by atoms with van der Waals surface area (Å²) in [6.45, 7) is 6.89. The van der Waals surface area contributed by atoms with E-state index in [4.69, 9.17) is 9.47 Å². The van der Waals surface area contributed by atoms with E-state index < -0.39 is 35.6 Å². The summed E-state index contributed by atoms with van der Waals surface area (Å²) in [6, 6.07) is -0.767.